The van der Waals surface area contributed by atoms with Crippen LogP contribution in [0, 0.1) is 6.92 Å². The lowest BCUT2D eigenvalue weighted by atomic mass is 10.2. The summed E-state index contributed by atoms with van der Waals surface area (Å²) < 4.78 is 31.4. The van der Waals surface area contributed by atoms with E-state index in [-0.39, 0.29) is 10.6 Å². The lowest BCUT2D eigenvalue weighted by Crippen LogP contribution is -2.10. The Bertz CT molecular complexity index is 1310. The molecule has 7 heteroatoms. The van der Waals surface area contributed by atoms with E-state index in [1.807, 2.05) is 49.4 Å². The van der Waals surface area contributed by atoms with Gasteiger partial charge in [0.1, 0.15) is 11.5 Å². The molecule has 0 saturated heterocycles. The molecule has 0 spiro atoms. The SMILES string of the molecule is COc1ccc(C)cc1Nc1nc2ccccc2nc1CS(=O)(=O)c1ccccc1. The fourth-order valence-corrected chi connectivity index (χ4v) is 4.48. The molecule has 0 fully saturated rings. The Balaban J connectivity index is 1.82. The van der Waals surface area contributed by atoms with Gasteiger partial charge in [-0.05, 0) is 48.9 Å². The average molecular weight is 420 g/mol. The first-order valence-electron chi connectivity index (χ1n) is 9.41. The minimum absolute atomic E-state index is 0.249. The molecular weight excluding hydrogens is 398 g/mol. The van der Waals surface area contributed by atoms with Crippen molar-refractivity contribution in [1.29, 1.82) is 0 Å². The van der Waals surface area contributed by atoms with E-state index in [1.54, 1.807) is 37.4 Å². The Hall–Kier alpha value is -3.45. The van der Waals surface area contributed by atoms with Gasteiger partial charge in [0.05, 0.1) is 34.4 Å². The van der Waals surface area contributed by atoms with Gasteiger partial charge in [-0.2, -0.15) is 0 Å². The predicted molar refractivity (Wildman–Crippen MR) is 118 cm³/mol. The predicted octanol–water partition coefficient (Wildman–Crippen LogP) is 4.66. The number of rotatable bonds is 6. The van der Waals surface area contributed by atoms with Crippen molar-refractivity contribution in [3.05, 3.63) is 84.1 Å². The summed E-state index contributed by atoms with van der Waals surface area (Å²) in [7, 11) is -2.01. The number of fused-ring (bicyclic) bond motifs is 1. The first kappa shape index (κ1) is 19.8. The molecule has 1 heterocycles. The van der Waals surface area contributed by atoms with Crippen LogP contribution in [0.5, 0.6) is 5.75 Å². The van der Waals surface area contributed by atoms with Gasteiger partial charge >= 0.3 is 0 Å². The molecule has 152 valence electrons. The van der Waals surface area contributed by atoms with Gasteiger partial charge in [-0.1, -0.05) is 36.4 Å². The fourth-order valence-electron chi connectivity index (χ4n) is 3.18. The monoisotopic (exact) mass is 419 g/mol. The molecule has 0 bridgehead atoms. The first-order valence-corrected chi connectivity index (χ1v) is 11.1. The number of hydrogen-bond acceptors (Lipinski definition) is 6. The highest BCUT2D eigenvalue weighted by Gasteiger charge is 2.21. The lowest BCUT2D eigenvalue weighted by Gasteiger charge is -2.15. The number of nitrogens with one attached hydrogen (secondary N) is 1. The van der Waals surface area contributed by atoms with Gasteiger partial charge in [0.15, 0.2) is 15.7 Å². The van der Waals surface area contributed by atoms with Crippen LogP contribution in [0.1, 0.15) is 11.3 Å². The summed E-state index contributed by atoms with van der Waals surface area (Å²) in [5, 5.41) is 3.24. The smallest absolute Gasteiger partial charge is 0.184 e. The van der Waals surface area contributed by atoms with Crippen LogP contribution in [0.4, 0.5) is 11.5 Å². The lowest BCUT2D eigenvalue weighted by molar-refractivity contribution is 0.416. The van der Waals surface area contributed by atoms with Gasteiger partial charge in [-0.15, -0.1) is 0 Å². The minimum Gasteiger partial charge on any atom is -0.495 e. The van der Waals surface area contributed by atoms with Gasteiger partial charge in [0, 0.05) is 0 Å². The van der Waals surface area contributed by atoms with E-state index >= 15 is 0 Å². The number of para-hydroxylation sites is 2. The van der Waals surface area contributed by atoms with Crippen LogP contribution < -0.4 is 10.1 Å². The highest BCUT2D eigenvalue weighted by atomic mass is 32.2. The normalized spacial score (nSPS) is 11.4. The second-order valence-electron chi connectivity index (χ2n) is 6.91. The van der Waals surface area contributed by atoms with Crippen LogP contribution in [0.2, 0.25) is 0 Å². The van der Waals surface area contributed by atoms with E-state index in [2.05, 4.69) is 15.3 Å². The highest BCUT2D eigenvalue weighted by Crippen LogP contribution is 2.31. The van der Waals surface area contributed by atoms with Crippen molar-refractivity contribution in [2.24, 2.45) is 0 Å². The van der Waals surface area contributed by atoms with Crippen LogP contribution in [-0.4, -0.2) is 25.5 Å². The number of nitrogens with zero attached hydrogens (tertiary/aromatic N) is 2. The van der Waals surface area contributed by atoms with Gasteiger partial charge < -0.3 is 10.1 Å². The molecule has 1 N–H and O–H groups in total. The summed E-state index contributed by atoms with van der Waals surface area (Å²) in [5.41, 5.74) is 3.39. The molecule has 0 unspecified atom stereocenters. The second kappa shape index (κ2) is 8.12. The van der Waals surface area contributed by atoms with Crippen molar-refractivity contribution in [2.75, 3.05) is 12.4 Å². The van der Waals surface area contributed by atoms with E-state index in [1.165, 1.54) is 0 Å². The molecule has 0 saturated carbocycles. The number of aromatic nitrogens is 2. The molecule has 0 aliphatic heterocycles. The Kier molecular flexibility index (Phi) is 5.37. The largest absolute Gasteiger partial charge is 0.495 e. The van der Waals surface area contributed by atoms with Crippen LogP contribution in [-0.2, 0) is 15.6 Å². The molecule has 4 aromatic rings. The Morgan fingerprint density at radius 1 is 0.900 bits per heavy atom. The third-order valence-electron chi connectivity index (χ3n) is 4.68. The maximum absolute atomic E-state index is 13.0. The zero-order chi connectivity index (χ0) is 21.1. The molecule has 0 atom stereocenters. The van der Waals surface area contributed by atoms with Crippen molar-refractivity contribution in [1.82, 2.24) is 9.97 Å². The van der Waals surface area contributed by atoms with Crippen LogP contribution in [0.3, 0.4) is 0 Å². The summed E-state index contributed by atoms with van der Waals surface area (Å²) in [5.74, 6) is 0.746. The van der Waals surface area contributed by atoms with Gasteiger partial charge in [0.2, 0.25) is 0 Å². The summed E-state index contributed by atoms with van der Waals surface area (Å²) in [4.78, 5) is 9.52. The molecule has 1 aromatic heterocycles. The van der Waals surface area contributed by atoms with Crippen LogP contribution in [0.25, 0.3) is 11.0 Å². The summed E-state index contributed by atoms with van der Waals surface area (Å²) in [6, 6.07) is 21.5. The summed E-state index contributed by atoms with van der Waals surface area (Å²) in [6.45, 7) is 1.97. The maximum Gasteiger partial charge on any atom is 0.184 e. The number of sulfone groups is 1. The maximum atomic E-state index is 13.0. The van der Waals surface area contributed by atoms with E-state index in [0.717, 1.165) is 5.56 Å². The number of ether oxygens (including phenoxy) is 1. The standard InChI is InChI=1S/C23H21N3O3S/c1-16-12-13-22(29-2)20(14-16)26-23-21(24-18-10-6-7-11-19(18)25-23)15-30(27,28)17-8-4-3-5-9-17/h3-14H,15H2,1-2H3,(H,25,26). The number of aryl methyl sites for hydroxylation is 1. The highest BCUT2D eigenvalue weighted by molar-refractivity contribution is 7.90. The Morgan fingerprint density at radius 2 is 1.57 bits per heavy atom. The second-order valence-corrected chi connectivity index (χ2v) is 8.90. The molecular formula is C23H21N3O3S. The third kappa shape index (κ3) is 4.11. The van der Waals surface area contributed by atoms with Gasteiger partial charge in [-0.3, -0.25) is 0 Å². The average Bonchev–Trinajstić information content (AvgIpc) is 2.75. The third-order valence-corrected chi connectivity index (χ3v) is 6.32. The fraction of sp³-hybridized carbons (Fsp3) is 0.130. The number of anilines is 2. The topological polar surface area (TPSA) is 81.2 Å². The number of methoxy groups -OCH3 is 1. The number of hydrogen-bond donors (Lipinski definition) is 1. The van der Waals surface area contributed by atoms with Crippen molar-refractivity contribution in [3.8, 4) is 5.75 Å². The molecule has 4 rings (SSSR count). The number of benzene rings is 3. The Labute approximate surface area is 175 Å². The quantitative estimate of drug-likeness (QED) is 0.489. The van der Waals surface area contributed by atoms with E-state index < -0.39 is 9.84 Å². The van der Waals surface area contributed by atoms with Crippen molar-refractivity contribution in [3.63, 3.8) is 0 Å². The van der Waals surface area contributed by atoms with E-state index in [9.17, 15) is 8.42 Å². The van der Waals surface area contributed by atoms with Crippen LogP contribution in [0.15, 0.2) is 77.7 Å². The molecule has 30 heavy (non-hydrogen) atoms. The minimum atomic E-state index is -3.59. The van der Waals surface area contributed by atoms with Gasteiger partial charge in [-0.25, -0.2) is 18.4 Å². The molecule has 0 aliphatic carbocycles. The van der Waals surface area contributed by atoms with Gasteiger partial charge in [0.25, 0.3) is 0 Å². The van der Waals surface area contributed by atoms with E-state index in [0.29, 0.717) is 34.0 Å². The van der Waals surface area contributed by atoms with Crippen molar-refractivity contribution in [2.45, 2.75) is 17.6 Å². The Morgan fingerprint density at radius 3 is 2.27 bits per heavy atom. The van der Waals surface area contributed by atoms with Crippen molar-refractivity contribution < 1.29 is 13.2 Å². The zero-order valence-corrected chi connectivity index (χ0v) is 17.5. The first-order chi connectivity index (χ1) is 14.5. The van der Waals surface area contributed by atoms with E-state index in [4.69, 9.17) is 4.74 Å². The van der Waals surface area contributed by atoms with Crippen LogP contribution >= 0.6 is 0 Å². The van der Waals surface area contributed by atoms with Crippen molar-refractivity contribution >= 4 is 32.4 Å². The molecule has 0 radical (unpaired) electrons. The zero-order valence-electron chi connectivity index (χ0n) is 16.7. The summed E-state index contributed by atoms with van der Waals surface area (Å²) >= 11 is 0. The molecule has 3 aromatic carbocycles. The molecule has 6 nitrogen and oxygen atoms in total. The summed E-state index contributed by atoms with van der Waals surface area (Å²) in [6.07, 6.45) is 0. The molecule has 0 amide bonds. The molecule has 0 aliphatic rings.